The number of hydrogen-bond donors (Lipinski definition) is 2. The highest BCUT2D eigenvalue weighted by Gasteiger charge is 2.56. The molecule has 0 aromatic rings. The Morgan fingerprint density at radius 2 is 1.64 bits per heavy atom. The van der Waals surface area contributed by atoms with Crippen molar-refractivity contribution in [2.24, 2.45) is 5.41 Å². The number of carboxylic acids is 2. The van der Waals surface area contributed by atoms with Crippen LogP contribution in [0.2, 0.25) is 0 Å². The molecule has 0 aliphatic carbocycles. The molecular formula is C19H27NO8. The lowest BCUT2D eigenvalue weighted by Crippen LogP contribution is -2.48. The molecule has 2 aliphatic heterocycles. The maximum absolute atomic E-state index is 12.4. The van der Waals surface area contributed by atoms with Gasteiger partial charge in [0.25, 0.3) is 0 Å². The quantitative estimate of drug-likeness (QED) is 0.665. The Balaban J connectivity index is 2.94. The van der Waals surface area contributed by atoms with Crippen LogP contribution in [0.1, 0.15) is 27.7 Å². The molecule has 2 rings (SSSR count). The predicted octanol–water partition coefficient (Wildman–Crippen LogP) is 1.92. The molecule has 2 N–H and O–H groups in total. The van der Waals surface area contributed by atoms with E-state index in [1.54, 1.807) is 20.8 Å². The van der Waals surface area contributed by atoms with Gasteiger partial charge in [-0.2, -0.15) is 0 Å². The first kappa shape index (κ1) is 21.8. The van der Waals surface area contributed by atoms with E-state index in [0.29, 0.717) is 17.2 Å². The summed E-state index contributed by atoms with van der Waals surface area (Å²) in [6.45, 7) is 6.58. The van der Waals surface area contributed by atoms with E-state index in [1.165, 1.54) is 19.1 Å². The van der Waals surface area contributed by atoms with Gasteiger partial charge in [0.1, 0.15) is 30.6 Å². The van der Waals surface area contributed by atoms with Crippen molar-refractivity contribution in [3.63, 3.8) is 0 Å². The third-order valence-corrected chi connectivity index (χ3v) is 4.98. The molecule has 0 spiro atoms. The van der Waals surface area contributed by atoms with Crippen molar-refractivity contribution in [1.29, 1.82) is 0 Å². The minimum atomic E-state index is -1.67. The molecule has 0 fully saturated rings. The number of rotatable bonds is 7. The zero-order valence-electron chi connectivity index (χ0n) is 17.0. The highest BCUT2D eigenvalue weighted by molar-refractivity contribution is 5.99. The molecule has 9 heteroatoms. The first-order chi connectivity index (χ1) is 13.1. The Bertz CT molecular complexity index is 726. The fraction of sp³-hybridized carbons (Fsp3) is 0.579. The van der Waals surface area contributed by atoms with E-state index in [9.17, 15) is 19.8 Å². The van der Waals surface area contributed by atoms with Crippen molar-refractivity contribution in [2.45, 2.75) is 33.8 Å². The van der Waals surface area contributed by atoms with Gasteiger partial charge >= 0.3 is 11.9 Å². The average Bonchev–Trinajstić information content (AvgIpc) is 2.57. The normalized spacial score (nSPS) is 22.2. The van der Waals surface area contributed by atoms with Crippen LogP contribution in [0.3, 0.4) is 0 Å². The largest absolute Gasteiger partial charge is 0.489 e. The van der Waals surface area contributed by atoms with E-state index in [-0.39, 0.29) is 43.0 Å². The zero-order chi connectivity index (χ0) is 21.2. The average molecular weight is 397 g/mol. The van der Waals surface area contributed by atoms with Crippen molar-refractivity contribution in [3.05, 3.63) is 34.1 Å². The first-order valence-corrected chi connectivity index (χ1v) is 8.78. The summed E-state index contributed by atoms with van der Waals surface area (Å²) in [6.07, 6.45) is -0.242. The van der Waals surface area contributed by atoms with E-state index in [4.69, 9.17) is 18.9 Å². The van der Waals surface area contributed by atoms with Gasteiger partial charge in [-0.25, -0.2) is 9.59 Å². The van der Waals surface area contributed by atoms with Crippen LogP contribution in [0, 0.1) is 5.41 Å². The molecule has 1 atom stereocenters. The Morgan fingerprint density at radius 1 is 1.11 bits per heavy atom. The minimum Gasteiger partial charge on any atom is -0.489 e. The van der Waals surface area contributed by atoms with Crippen LogP contribution in [0.4, 0.5) is 0 Å². The maximum Gasteiger partial charge on any atom is 0.334 e. The molecule has 0 aromatic heterocycles. The fourth-order valence-corrected chi connectivity index (χ4v) is 4.03. The number of methoxy groups -OCH3 is 2. The van der Waals surface area contributed by atoms with Crippen LogP contribution >= 0.6 is 0 Å². The summed E-state index contributed by atoms with van der Waals surface area (Å²) in [4.78, 5) is 26.3. The predicted molar refractivity (Wildman–Crippen MR) is 97.9 cm³/mol. The molecule has 0 bridgehead atoms. The van der Waals surface area contributed by atoms with Crippen LogP contribution in [-0.4, -0.2) is 67.3 Å². The maximum atomic E-state index is 12.4. The van der Waals surface area contributed by atoms with Gasteiger partial charge < -0.3 is 34.1 Å². The number of nitrogens with zero attached hydrogens (tertiary/aromatic N) is 1. The minimum absolute atomic E-state index is 0.000704. The molecular weight excluding hydrogens is 370 g/mol. The molecule has 28 heavy (non-hydrogen) atoms. The lowest BCUT2D eigenvalue weighted by Gasteiger charge is -2.45. The van der Waals surface area contributed by atoms with Gasteiger partial charge in [0, 0.05) is 25.6 Å². The van der Waals surface area contributed by atoms with Crippen molar-refractivity contribution in [3.8, 4) is 0 Å². The standard InChI is InChI=1S/C19H27NO8/c1-10-7-27-16(13(4)28-10)19(8-25-5)14(17(21)22)11(2)20(9-26-6)12(3)15(19)18(23)24/h10H,7-9H2,1-6H3,(H,21,22)(H,23,24). The summed E-state index contributed by atoms with van der Waals surface area (Å²) >= 11 is 0. The Labute approximate surface area is 163 Å². The lowest BCUT2D eigenvalue weighted by atomic mass is 9.68. The summed E-state index contributed by atoms with van der Waals surface area (Å²) in [5.41, 5.74) is -1.29. The van der Waals surface area contributed by atoms with Crippen LogP contribution < -0.4 is 0 Å². The third-order valence-electron chi connectivity index (χ3n) is 4.98. The van der Waals surface area contributed by atoms with E-state index >= 15 is 0 Å². The van der Waals surface area contributed by atoms with E-state index in [1.807, 2.05) is 6.92 Å². The van der Waals surface area contributed by atoms with Gasteiger partial charge in [-0.15, -0.1) is 0 Å². The first-order valence-electron chi connectivity index (χ1n) is 8.78. The number of carboxylic acid groups (broad SMARTS) is 2. The molecule has 1 unspecified atom stereocenters. The summed E-state index contributed by atoms with van der Waals surface area (Å²) in [6, 6.07) is 0. The second kappa shape index (κ2) is 8.24. The topological polar surface area (TPSA) is 115 Å². The van der Waals surface area contributed by atoms with Gasteiger partial charge in [0.15, 0.2) is 5.76 Å². The molecule has 156 valence electrons. The molecule has 0 amide bonds. The summed E-state index contributed by atoms with van der Waals surface area (Å²) in [5, 5.41) is 20.2. The van der Waals surface area contributed by atoms with Crippen LogP contribution in [0.15, 0.2) is 34.1 Å². The monoisotopic (exact) mass is 397 g/mol. The van der Waals surface area contributed by atoms with Crippen LogP contribution in [0.5, 0.6) is 0 Å². The number of allylic oxidation sites excluding steroid dienone is 3. The Morgan fingerprint density at radius 3 is 2.04 bits per heavy atom. The smallest absolute Gasteiger partial charge is 0.334 e. The molecule has 2 heterocycles. The van der Waals surface area contributed by atoms with Crippen molar-refractivity contribution < 1.29 is 38.7 Å². The van der Waals surface area contributed by atoms with Crippen molar-refractivity contribution >= 4 is 11.9 Å². The van der Waals surface area contributed by atoms with Crippen LogP contribution in [-0.2, 0) is 28.5 Å². The van der Waals surface area contributed by atoms with E-state index in [2.05, 4.69) is 0 Å². The summed E-state index contributed by atoms with van der Waals surface area (Å²) in [5.74, 6) is -2.08. The Hall–Kier alpha value is -2.52. The molecule has 0 saturated carbocycles. The van der Waals surface area contributed by atoms with Crippen molar-refractivity contribution in [2.75, 3.05) is 34.2 Å². The summed E-state index contributed by atoms with van der Waals surface area (Å²) in [7, 11) is 2.83. The van der Waals surface area contributed by atoms with E-state index < -0.39 is 17.4 Å². The van der Waals surface area contributed by atoms with Gasteiger partial charge in [-0.1, -0.05) is 0 Å². The van der Waals surface area contributed by atoms with E-state index in [0.717, 1.165) is 0 Å². The fourth-order valence-electron chi connectivity index (χ4n) is 4.03. The SMILES string of the molecule is COCN1C(C)=C(C(=O)O)C(COC)(C2=C(C)OC(C)CO2)C(C(=O)O)=C1C. The van der Waals surface area contributed by atoms with Gasteiger partial charge in [0.05, 0.1) is 17.8 Å². The molecule has 0 aromatic carbocycles. The number of aliphatic carboxylic acids is 2. The van der Waals surface area contributed by atoms with Gasteiger partial charge in [-0.3, -0.25) is 0 Å². The van der Waals surface area contributed by atoms with Gasteiger partial charge in [0.2, 0.25) is 0 Å². The number of ether oxygens (including phenoxy) is 4. The molecule has 0 radical (unpaired) electrons. The Kier molecular flexibility index (Phi) is 6.41. The zero-order valence-corrected chi connectivity index (χ0v) is 17.0. The van der Waals surface area contributed by atoms with Crippen LogP contribution in [0.25, 0.3) is 0 Å². The highest BCUT2D eigenvalue weighted by atomic mass is 16.6. The molecule has 9 nitrogen and oxygen atoms in total. The van der Waals surface area contributed by atoms with Gasteiger partial charge in [-0.05, 0) is 27.7 Å². The third kappa shape index (κ3) is 3.35. The van der Waals surface area contributed by atoms with Crippen molar-refractivity contribution in [1.82, 2.24) is 4.90 Å². The number of carbonyl (C=O) groups is 2. The lowest BCUT2D eigenvalue weighted by molar-refractivity contribution is -0.137. The molecule has 0 saturated heterocycles. The highest BCUT2D eigenvalue weighted by Crippen LogP contribution is 2.52. The second-order valence-corrected chi connectivity index (χ2v) is 6.84. The molecule has 2 aliphatic rings. The number of hydrogen-bond acceptors (Lipinski definition) is 7. The summed E-state index contributed by atoms with van der Waals surface area (Å²) < 4.78 is 22.1. The second-order valence-electron chi connectivity index (χ2n) is 6.84.